The molecule has 0 aliphatic carbocycles. The van der Waals surface area contributed by atoms with E-state index in [9.17, 15) is 4.79 Å². The van der Waals surface area contributed by atoms with E-state index < -0.39 is 5.60 Å². The summed E-state index contributed by atoms with van der Waals surface area (Å²) in [5, 5.41) is 1.14. The van der Waals surface area contributed by atoms with Gasteiger partial charge in [0.25, 0.3) is 0 Å². The molecular formula is C14H18BrN3O2S2. The molecule has 0 spiro atoms. The van der Waals surface area contributed by atoms with Crippen molar-refractivity contribution >= 4 is 54.4 Å². The van der Waals surface area contributed by atoms with Crippen LogP contribution in [-0.4, -0.2) is 39.7 Å². The predicted octanol–water partition coefficient (Wildman–Crippen LogP) is 4.63. The number of fused-ring (bicyclic) bond motifs is 1. The highest BCUT2D eigenvalue weighted by molar-refractivity contribution is 9.11. The molecule has 0 aromatic carbocycles. The zero-order valence-electron chi connectivity index (χ0n) is 12.8. The van der Waals surface area contributed by atoms with E-state index in [1.165, 1.54) is 0 Å². The third kappa shape index (κ3) is 3.60. The monoisotopic (exact) mass is 403 g/mol. The summed E-state index contributed by atoms with van der Waals surface area (Å²) in [5.74, 6) is 0.420. The highest BCUT2D eigenvalue weighted by Gasteiger charge is 2.29. The lowest BCUT2D eigenvalue weighted by Gasteiger charge is -2.32. The minimum absolute atomic E-state index is 0.211. The molecule has 2 aromatic rings. The van der Waals surface area contributed by atoms with E-state index in [2.05, 4.69) is 20.9 Å². The lowest BCUT2D eigenvalue weighted by Crippen LogP contribution is -2.41. The van der Waals surface area contributed by atoms with Crippen LogP contribution in [0.5, 0.6) is 0 Å². The summed E-state index contributed by atoms with van der Waals surface area (Å²) in [6, 6.07) is 0. The molecule has 0 N–H and O–H groups in total. The quantitative estimate of drug-likeness (QED) is 0.696. The Kier molecular flexibility index (Phi) is 4.44. The number of nitrogens with zero attached hydrogens (tertiary/aromatic N) is 3. The van der Waals surface area contributed by atoms with Crippen LogP contribution in [0, 0.1) is 0 Å². The molecule has 0 saturated carbocycles. The number of hydrogen-bond donors (Lipinski definition) is 0. The molecule has 1 aliphatic rings. The van der Waals surface area contributed by atoms with E-state index in [0.29, 0.717) is 5.92 Å². The lowest BCUT2D eigenvalue weighted by molar-refractivity contribution is 0.0205. The number of thiazole rings is 2. The van der Waals surface area contributed by atoms with Crippen molar-refractivity contribution in [2.75, 3.05) is 13.1 Å². The summed E-state index contributed by atoms with van der Waals surface area (Å²) in [4.78, 5) is 25.0. The molecule has 120 valence electrons. The number of rotatable bonds is 1. The fourth-order valence-electron chi connectivity index (χ4n) is 2.44. The van der Waals surface area contributed by atoms with Crippen molar-refractivity contribution in [1.29, 1.82) is 0 Å². The Labute approximate surface area is 145 Å². The second-order valence-electron chi connectivity index (χ2n) is 6.37. The Hall–Kier alpha value is -0.730. The Bertz CT molecular complexity index is 652. The van der Waals surface area contributed by atoms with Crippen LogP contribution in [0.4, 0.5) is 4.79 Å². The van der Waals surface area contributed by atoms with Gasteiger partial charge >= 0.3 is 6.09 Å². The average Bonchev–Trinajstić information content (AvgIpc) is 2.94. The Balaban J connectivity index is 1.61. The number of piperidine rings is 1. The van der Waals surface area contributed by atoms with Gasteiger partial charge in [0.1, 0.15) is 5.60 Å². The molecule has 0 unspecified atom stereocenters. The van der Waals surface area contributed by atoms with E-state index >= 15 is 0 Å². The zero-order chi connectivity index (χ0) is 15.9. The third-order valence-electron chi connectivity index (χ3n) is 3.46. The van der Waals surface area contributed by atoms with Gasteiger partial charge in [0, 0.05) is 19.0 Å². The third-order valence-corrected chi connectivity index (χ3v) is 6.10. The Morgan fingerprint density at radius 3 is 2.45 bits per heavy atom. The first-order valence-electron chi connectivity index (χ1n) is 7.22. The maximum absolute atomic E-state index is 12.1. The van der Waals surface area contributed by atoms with Crippen molar-refractivity contribution in [2.24, 2.45) is 0 Å². The summed E-state index contributed by atoms with van der Waals surface area (Å²) in [6.45, 7) is 7.13. The van der Waals surface area contributed by atoms with Gasteiger partial charge in [-0.1, -0.05) is 22.7 Å². The molecule has 0 bridgehead atoms. The SMILES string of the molecule is CC(C)(C)OC(=O)N1CCC(c2nc3sc(Br)nc3s2)CC1. The molecule has 2 aromatic heterocycles. The number of amides is 1. The lowest BCUT2D eigenvalue weighted by atomic mass is 9.98. The van der Waals surface area contributed by atoms with Crippen molar-refractivity contribution in [3.63, 3.8) is 0 Å². The molecule has 1 amide bonds. The second kappa shape index (κ2) is 6.05. The van der Waals surface area contributed by atoms with Crippen molar-refractivity contribution < 1.29 is 9.53 Å². The normalized spacial score (nSPS) is 17.2. The topological polar surface area (TPSA) is 55.3 Å². The van der Waals surface area contributed by atoms with Crippen molar-refractivity contribution in [1.82, 2.24) is 14.9 Å². The van der Waals surface area contributed by atoms with E-state index in [1.807, 2.05) is 20.8 Å². The molecule has 1 aliphatic heterocycles. The molecule has 8 heteroatoms. The maximum Gasteiger partial charge on any atom is 0.410 e. The van der Waals surface area contributed by atoms with Gasteiger partial charge < -0.3 is 9.64 Å². The molecule has 1 saturated heterocycles. The smallest absolute Gasteiger partial charge is 0.410 e. The highest BCUT2D eigenvalue weighted by Crippen LogP contribution is 2.36. The molecule has 5 nitrogen and oxygen atoms in total. The van der Waals surface area contributed by atoms with Gasteiger partial charge in [-0.2, -0.15) is 0 Å². The average molecular weight is 404 g/mol. The first-order chi connectivity index (χ1) is 10.3. The number of carbonyl (C=O) groups excluding carboxylic acids is 1. The van der Waals surface area contributed by atoms with E-state index in [4.69, 9.17) is 9.72 Å². The summed E-state index contributed by atoms with van der Waals surface area (Å²) >= 11 is 6.62. The molecule has 0 atom stereocenters. The standard InChI is InChI=1S/C14H18BrN3O2S2/c1-14(2,3)20-13(19)18-6-4-8(5-7-18)9-16-10-11(21-9)17-12(15)22-10/h8H,4-7H2,1-3H3. The fraction of sp³-hybridized carbons (Fsp3) is 0.643. The number of halogens is 1. The minimum Gasteiger partial charge on any atom is -0.444 e. The molecular weight excluding hydrogens is 386 g/mol. The van der Waals surface area contributed by atoms with Gasteiger partial charge in [-0.25, -0.2) is 14.8 Å². The van der Waals surface area contributed by atoms with Crippen molar-refractivity contribution in [3.05, 3.63) is 8.92 Å². The second-order valence-corrected chi connectivity index (χ2v) is 9.63. The summed E-state index contributed by atoms with van der Waals surface area (Å²) in [7, 11) is 0. The minimum atomic E-state index is -0.438. The van der Waals surface area contributed by atoms with Crippen LogP contribution in [0.2, 0.25) is 0 Å². The van der Waals surface area contributed by atoms with Gasteiger partial charge in [-0.05, 0) is 49.5 Å². The van der Waals surface area contributed by atoms with E-state index in [0.717, 1.165) is 44.5 Å². The van der Waals surface area contributed by atoms with E-state index in [1.54, 1.807) is 27.6 Å². The first kappa shape index (κ1) is 16.1. The van der Waals surface area contributed by atoms with Crippen LogP contribution in [0.15, 0.2) is 3.92 Å². The summed E-state index contributed by atoms with van der Waals surface area (Å²) in [5.41, 5.74) is -0.438. The van der Waals surface area contributed by atoms with Crippen LogP contribution < -0.4 is 0 Å². The Morgan fingerprint density at radius 2 is 1.86 bits per heavy atom. The molecule has 3 heterocycles. The number of likely N-dealkylation sites (tertiary alicyclic amines) is 1. The summed E-state index contributed by atoms with van der Waals surface area (Å²) in [6.07, 6.45) is 1.65. The molecule has 22 heavy (non-hydrogen) atoms. The maximum atomic E-state index is 12.1. The number of hydrogen-bond acceptors (Lipinski definition) is 6. The largest absolute Gasteiger partial charge is 0.444 e. The molecule has 0 radical (unpaired) electrons. The zero-order valence-corrected chi connectivity index (χ0v) is 16.0. The number of aromatic nitrogens is 2. The molecule has 3 rings (SSSR count). The Morgan fingerprint density at radius 1 is 1.23 bits per heavy atom. The fourth-order valence-corrected chi connectivity index (χ4v) is 5.14. The van der Waals surface area contributed by atoms with Crippen LogP contribution >= 0.6 is 38.6 Å². The highest BCUT2D eigenvalue weighted by atomic mass is 79.9. The number of carbonyl (C=O) groups is 1. The van der Waals surface area contributed by atoms with Gasteiger partial charge in [0.2, 0.25) is 0 Å². The van der Waals surface area contributed by atoms with Gasteiger partial charge in [-0.3, -0.25) is 0 Å². The van der Waals surface area contributed by atoms with Crippen LogP contribution in [0.1, 0.15) is 44.5 Å². The van der Waals surface area contributed by atoms with Gasteiger partial charge in [0.05, 0.1) is 5.01 Å². The van der Waals surface area contributed by atoms with Gasteiger partial charge in [-0.15, -0.1) is 0 Å². The van der Waals surface area contributed by atoms with Crippen molar-refractivity contribution in [2.45, 2.75) is 45.1 Å². The first-order valence-corrected chi connectivity index (χ1v) is 9.65. The van der Waals surface area contributed by atoms with Gasteiger partial charge in [0.15, 0.2) is 13.6 Å². The predicted molar refractivity (Wildman–Crippen MR) is 92.8 cm³/mol. The number of ether oxygens (including phenoxy) is 1. The van der Waals surface area contributed by atoms with E-state index in [-0.39, 0.29) is 6.09 Å². The summed E-state index contributed by atoms with van der Waals surface area (Å²) < 4.78 is 6.31. The van der Waals surface area contributed by atoms with Crippen LogP contribution in [-0.2, 0) is 4.74 Å². The van der Waals surface area contributed by atoms with Crippen molar-refractivity contribution in [3.8, 4) is 0 Å². The molecule has 1 fully saturated rings. The van der Waals surface area contributed by atoms with Crippen LogP contribution in [0.25, 0.3) is 9.66 Å². The van der Waals surface area contributed by atoms with Crippen LogP contribution in [0.3, 0.4) is 0 Å².